The maximum absolute atomic E-state index is 12.7. The maximum atomic E-state index is 12.7. The maximum Gasteiger partial charge on any atom is 0.274 e. The number of carbonyl (C=O) groups is 1. The normalized spacial score (nSPS) is 22.7. The zero-order chi connectivity index (χ0) is 15.0. The summed E-state index contributed by atoms with van der Waals surface area (Å²) in [5.41, 5.74) is 2.39. The monoisotopic (exact) mass is 287 g/mol. The second-order valence-corrected chi connectivity index (χ2v) is 6.03. The Morgan fingerprint density at radius 1 is 1.48 bits per heavy atom. The SMILES string of the molecule is Cc1ccn2cc(C(=O)N3CC(CO)CCC3C)nc2c1. The van der Waals surface area contributed by atoms with Gasteiger partial charge < -0.3 is 14.4 Å². The topological polar surface area (TPSA) is 57.8 Å². The zero-order valence-electron chi connectivity index (χ0n) is 12.5. The number of hydrogen-bond acceptors (Lipinski definition) is 3. The fraction of sp³-hybridized carbons (Fsp3) is 0.500. The summed E-state index contributed by atoms with van der Waals surface area (Å²) in [6, 6.07) is 4.16. The highest BCUT2D eigenvalue weighted by molar-refractivity contribution is 5.93. The molecule has 112 valence electrons. The number of rotatable bonds is 2. The van der Waals surface area contributed by atoms with Gasteiger partial charge in [-0.15, -0.1) is 0 Å². The summed E-state index contributed by atoms with van der Waals surface area (Å²) in [5.74, 6) is 0.145. The minimum absolute atomic E-state index is 0.0398. The highest BCUT2D eigenvalue weighted by atomic mass is 16.3. The van der Waals surface area contributed by atoms with Crippen molar-refractivity contribution < 1.29 is 9.90 Å². The smallest absolute Gasteiger partial charge is 0.274 e. The van der Waals surface area contributed by atoms with Crippen LogP contribution < -0.4 is 0 Å². The molecule has 1 aliphatic heterocycles. The van der Waals surface area contributed by atoms with E-state index >= 15 is 0 Å². The first kappa shape index (κ1) is 14.1. The molecule has 5 heteroatoms. The van der Waals surface area contributed by atoms with Crippen LogP contribution in [0, 0.1) is 12.8 Å². The average Bonchev–Trinajstić information content (AvgIpc) is 2.90. The van der Waals surface area contributed by atoms with Gasteiger partial charge in [0.2, 0.25) is 0 Å². The van der Waals surface area contributed by atoms with Crippen molar-refractivity contribution in [3.63, 3.8) is 0 Å². The van der Waals surface area contributed by atoms with Crippen LogP contribution in [0.25, 0.3) is 5.65 Å². The molecule has 1 N–H and O–H groups in total. The molecule has 2 aromatic rings. The average molecular weight is 287 g/mol. The van der Waals surface area contributed by atoms with Crippen LogP contribution in [0.15, 0.2) is 24.5 Å². The molecule has 21 heavy (non-hydrogen) atoms. The van der Waals surface area contributed by atoms with E-state index < -0.39 is 0 Å². The van der Waals surface area contributed by atoms with Gasteiger partial charge in [0.05, 0.1) is 0 Å². The lowest BCUT2D eigenvalue weighted by molar-refractivity contribution is 0.0484. The third-order valence-electron chi connectivity index (χ3n) is 4.33. The summed E-state index contributed by atoms with van der Waals surface area (Å²) in [6.45, 7) is 4.82. The number of likely N-dealkylation sites (tertiary alicyclic amines) is 1. The van der Waals surface area contributed by atoms with Crippen LogP contribution >= 0.6 is 0 Å². The van der Waals surface area contributed by atoms with E-state index in [-0.39, 0.29) is 24.5 Å². The van der Waals surface area contributed by atoms with Gasteiger partial charge in [-0.3, -0.25) is 4.79 Å². The Kier molecular flexibility index (Phi) is 3.68. The summed E-state index contributed by atoms with van der Waals surface area (Å²) in [4.78, 5) is 19.0. The molecule has 0 aliphatic carbocycles. The number of imidazole rings is 1. The lowest BCUT2D eigenvalue weighted by Gasteiger charge is -2.37. The lowest BCUT2D eigenvalue weighted by Crippen LogP contribution is -2.46. The van der Waals surface area contributed by atoms with Crippen LogP contribution in [0.5, 0.6) is 0 Å². The standard InChI is InChI=1S/C16H21N3O2/c1-11-5-6-18-9-14(17-15(18)7-11)16(21)19-8-13(10-20)4-3-12(19)2/h5-7,9,12-13,20H,3-4,8,10H2,1-2H3. The van der Waals surface area contributed by atoms with E-state index in [2.05, 4.69) is 11.9 Å². The van der Waals surface area contributed by atoms with Crippen molar-refractivity contribution in [1.82, 2.24) is 14.3 Å². The van der Waals surface area contributed by atoms with Crippen molar-refractivity contribution in [2.24, 2.45) is 5.92 Å². The molecule has 2 unspecified atom stereocenters. The van der Waals surface area contributed by atoms with E-state index in [9.17, 15) is 9.90 Å². The number of amides is 1. The molecule has 1 fully saturated rings. The second kappa shape index (κ2) is 5.48. The van der Waals surface area contributed by atoms with Crippen molar-refractivity contribution >= 4 is 11.6 Å². The van der Waals surface area contributed by atoms with E-state index in [1.54, 1.807) is 6.20 Å². The Morgan fingerprint density at radius 2 is 2.29 bits per heavy atom. The molecule has 1 saturated heterocycles. The summed E-state index contributed by atoms with van der Waals surface area (Å²) >= 11 is 0. The van der Waals surface area contributed by atoms with Crippen LogP contribution in [0.1, 0.15) is 35.8 Å². The van der Waals surface area contributed by atoms with E-state index in [0.29, 0.717) is 12.2 Å². The van der Waals surface area contributed by atoms with Crippen LogP contribution in [-0.4, -0.2) is 44.5 Å². The molecule has 0 aromatic carbocycles. The molecule has 0 bridgehead atoms. The highest BCUT2D eigenvalue weighted by Gasteiger charge is 2.30. The molecule has 1 amide bonds. The molecular weight excluding hydrogens is 266 g/mol. The molecule has 0 saturated carbocycles. The molecule has 0 spiro atoms. The third kappa shape index (κ3) is 2.65. The highest BCUT2D eigenvalue weighted by Crippen LogP contribution is 2.23. The predicted molar refractivity (Wildman–Crippen MR) is 80.2 cm³/mol. The van der Waals surface area contributed by atoms with E-state index in [0.717, 1.165) is 24.1 Å². The molecule has 0 radical (unpaired) electrons. The van der Waals surface area contributed by atoms with Crippen molar-refractivity contribution in [3.05, 3.63) is 35.8 Å². The quantitative estimate of drug-likeness (QED) is 0.917. The van der Waals surface area contributed by atoms with Crippen LogP contribution in [0.2, 0.25) is 0 Å². The summed E-state index contributed by atoms with van der Waals surface area (Å²) in [6.07, 6.45) is 5.62. The van der Waals surface area contributed by atoms with Gasteiger partial charge in [-0.1, -0.05) is 0 Å². The fourth-order valence-corrected chi connectivity index (χ4v) is 2.95. The first-order chi connectivity index (χ1) is 10.1. The van der Waals surface area contributed by atoms with Gasteiger partial charge in [-0.2, -0.15) is 0 Å². The number of aromatic nitrogens is 2. The van der Waals surface area contributed by atoms with E-state index in [1.807, 2.05) is 34.6 Å². The van der Waals surface area contributed by atoms with Crippen molar-refractivity contribution in [2.75, 3.05) is 13.2 Å². The van der Waals surface area contributed by atoms with Gasteiger partial charge in [-0.05, 0) is 50.3 Å². The summed E-state index contributed by atoms with van der Waals surface area (Å²) < 4.78 is 1.87. The second-order valence-electron chi connectivity index (χ2n) is 6.03. The van der Waals surface area contributed by atoms with Gasteiger partial charge in [-0.25, -0.2) is 4.98 Å². The number of aliphatic hydroxyl groups excluding tert-OH is 1. The van der Waals surface area contributed by atoms with Gasteiger partial charge >= 0.3 is 0 Å². The largest absolute Gasteiger partial charge is 0.396 e. The van der Waals surface area contributed by atoms with E-state index in [1.165, 1.54) is 0 Å². The van der Waals surface area contributed by atoms with Gasteiger partial charge in [0.15, 0.2) is 0 Å². The molecular formula is C16H21N3O2. The summed E-state index contributed by atoms with van der Waals surface area (Å²) in [7, 11) is 0. The Balaban J connectivity index is 1.88. The molecule has 2 atom stereocenters. The number of piperidine rings is 1. The van der Waals surface area contributed by atoms with Crippen molar-refractivity contribution in [1.29, 1.82) is 0 Å². The first-order valence-corrected chi connectivity index (χ1v) is 7.45. The molecule has 3 heterocycles. The number of aliphatic hydroxyl groups is 1. The fourth-order valence-electron chi connectivity index (χ4n) is 2.95. The van der Waals surface area contributed by atoms with Crippen LogP contribution in [0.4, 0.5) is 0 Å². The molecule has 5 nitrogen and oxygen atoms in total. The van der Waals surface area contributed by atoms with Gasteiger partial charge in [0.25, 0.3) is 5.91 Å². The summed E-state index contributed by atoms with van der Waals surface area (Å²) in [5, 5.41) is 9.33. The van der Waals surface area contributed by atoms with E-state index in [4.69, 9.17) is 0 Å². The molecule has 3 rings (SSSR count). The Morgan fingerprint density at radius 3 is 3.05 bits per heavy atom. The first-order valence-electron chi connectivity index (χ1n) is 7.45. The number of nitrogens with zero attached hydrogens (tertiary/aromatic N) is 3. The number of pyridine rings is 1. The minimum Gasteiger partial charge on any atom is -0.396 e. The Hall–Kier alpha value is -1.88. The number of aryl methyl sites for hydroxylation is 1. The number of fused-ring (bicyclic) bond motifs is 1. The van der Waals surface area contributed by atoms with Crippen molar-refractivity contribution in [2.45, 2.75) is 32.7 Å². The third-order valence-corrected chi connectivity index (χ3v) is 4.33. The lowest BCUT2D eigenvalue weighted by atomic mass is 9.94. The molecule has 1 aliphatic rings. The Labute approximate surface area is 124 Å². The van der Waals surface area contributed by atoms with Gasteiger partial charge in [0.1, 0.15) is 11.3 Å². The number of carbonyl (C=O) groups excluding carboxylic acids is 1. The van der Waals surface area contributed by atoms with Gasteiger partial charge in [0, 0.05) is 31.6 Å². The molecule has 2 aromatic heterocycles. The van der Waals surface area contributed by atoms with Crippen molar-refractivity contribution in [3.8, 4) is 0 Å². The predicted octanol–water partition coefficient (Wildman–Crippen LogP) is 1.88. The number of hydrogen-bond donors (Lipinski definition) is 1. The zero-order valence-corrected chi connectivity index (χ0v) is 12.5. The van der Waals surface area contributed by atoms with Crippen LogP contribution in [-0.2, 0) is 0 Å². The van der Waals surface area contributed by atoms with Crippen LogP contribution in [0.3, 0.4) is 0 Å². The Bertz CT molecular complexity index is 665. The minimum atomic E-state index is -0.0398.